The second-order valence-electron chi connectivity index (χ2n) is 6.35. The van der Waals surface area contributed by atoms with Gasteiger partial charge in [-0.15, -0.1) is 0 Å². The summed E-state index contributed by atoms with van der Waals surface area (Å²) in [6.45, 7) is 10.4. The lowest BCUT2D eigenvalue weighted by Gasteiger charge is -2.33. The van der Waals surface area contributed by atoms with Gasteiger partial charge in [-0.25, -0.2) is 0 Å². The molecule has 118 valence electrons. The molecule has 1 aromatic carbocycles. The highest BCUT2D eigenvalue weighted by atomic mass is 15.1. The first kappa shape index (κ1) is 16.4. The summed E-state index contributed by atoms with van der Waals surface area (Å²) in [6.07, 6.45) is 6.40. The molecule has 0 radical (unpaired) electrons. The van der Waals surface area contributed by atoms with Gasteiger partial charge in [0.1, 0.15) is 0 Å². The molecule has 0 saturated carbocycles. The Kier molecular flexibility index (Phi) is 6.56. The fraction of sp³-hybridized carbons (Fsp3) is 0.684. The van der Waals surface area contributed by atoms with Crippen LogP contribution in [0.3, 0.4) is 0 Å². The Labute approximate surface area is 130 Å². The van der Waals surface area contributed by atoms with Crippen molar-refractivity contribution in [3.05, 3.63) is 29.8 Å². The topological polar surface area (TPSA) is 15.3 Å². The zero-order chi connectivity index (χ0) is 15.1. The van der Waals surface area contributed by atoms with Crippen LogP contribution < -0.4 is 10.2 Å². The lowest BCUT2D eigenvalue weighted by atomic mass is 9.94. The molecule has 0 spiro atoms. The molecule has 2 rings (SSSR count). The molecule has 1 fully saturated rings. The summed E-state index contributed by atoms with van der Waals surface area (Å²) < 4.78 is 0. The zero-order valence-electron chi connectivity index (χ0n) is 14.1. The molecular weight excluding hydrogens is 256 g/mol. The van der Waals surface area contributed by atoms with Crippen LogP contribution in [0.15, 0.2) is 24.3 Å². The summed E-state index contributed by atoms with van der Waals surface area (Å²) in [7, 11) is 0. The first-order chi connectivity index (χ1) is 10.3. The molecule has 21 heavy (non-hydrogen) atoms. The highest BCUT2D eigenvalue weighted by Gasteiger charge is 2.18. The van der Waals surface area contributed by atoms with Crippen LogP contribution in [0.1, 0.15) is 64.5 Å². The van der Waals surface area contributed by atoms with Gasteiger partial charge in [0.05, 0.1) is 0 Å². The number of hydrogen-bond donors (Lipinski definition) is 1. The van der Waals surface area contributed by atoms with Crippen LogP contribution in [0.25, 0.3) is 0 Å². The van der Waals surface area contributed by atoms with Crippen molar-refractivity contribution in [3.63, 3.8) is 0 Å². The maximum atomic E-state index is 3.63. The predicted molar refractivity (Wildman–Crippen MR) is 93.0 cm³/mol. The summed E-state index contributed by atoms with van der Waals surface area (Å²) in [5.41, 5.74) is 2.83. The highest BCUT2D eigenvalue weighted by Crippen LogP contribution is 2.26. The van der Waals surface area contributed by atoms with Gasteiger partial charge in [0, 0.05) is 24.8 Å². The molecule has 1 unspecified atom stereocenters. The lowest BCUT2D eigenvalue weighted by Crippen LogP contribution is -2.33. The molecule has 1 aromatic rings. The average Bonchev–Trinajstić information content (AvgIpc) is 2.56. The van der Waals surface area contributed by atoms with Crippen molar-refractivity contribution in [1.82, 2.24) is 5.32 Å². The van der Waals surface area contributed by atoms with E-state index in [1.807, 2.05) is 0 Å². The molecule has 2 heteroatoms. The third-order valence-electron chi connectivity index (χ3n) is 4.90. The minimum Gasteiger partial charge on any atom is -0.372 e. The van der Waals surface area contributed by atoms with Gasteiger partial charge in [0.25, 0.3) is 0 Å². The van der Waals surface area contributed by atoms with Crippen molar-refractivity contribution in [2.45, 2.75) is 58.9 Å². The van der Waals surface area contributed by atoms with E-state index in [1.165, 1.54) is 50.0 Å². The second-order valence-corrected chi connectivity index (χ2v) is 6.35. The number of rotatable bonds is 7. The monoisotopic (exact) mass is 288 g/mol. The van der Waals surface area contributed by atoms with Gasteiger partial charge in [-0.3, -0.25) is 0 Å². The Morgan fingerprint density at radius 2 is 1.76 bits per heavy atom. The zero-order valence-corrected chi connectivity index (χ0v) is 14.1. The van der Waals surface area contributed by atoms with Crippen molar-refractivity contribution < 1.29 is 0 Å². The Morgan fingerprint density at radius 3 is 2.29 bits per heavy atom. The molecule has 1 atom stereocenters. The van der Waals surface area contributed by atoms with Crippen LogP contribution >= 0.6 is 0 Å². The van der Waals surface area contributed by atoms with E-state index in [9.17, 15) is 0 Å². The summed E-state index contributed by atoms with van der Waals surface area (Å²) >= 11 is 0. The molecular formula is C19H32N2. The first-order valence-electron chi connectivity index (χ1n) is 8.86. The third-order valence-corrected chi connectivity index (χ3v) is 4.90. The van der Waals surface area contributed by atoms with Crippen LogP contribution in [0, 0.1) is 5.92 Å². The van der Waals surface area contributed by atoms with Crippen LogP contribution in [-0.2, 0) is 0 Å². The van der Waals surface area contributed by atoms with Crippen LogP contribution in [0.4, 0.5) is 5.69 Å². The van der Waals surface area contributed by atoms with E-state index in [0.29, 0.717) is 6.04 Å². The number of nitrogens with zero attached hydrogens (tertiary/aromatic N) is 1. The van der Waals surface area contributed by atoms with Crippen molar-refractivity contribution >= 4 is 5.69 Å². The Morgan fingerprint density at radius 1 is 1.10 bits per heavy atom. The molecule has 0 amide bonds. The van der Waals surface area contributed by atoms with E-state index < -0.39 is 0 Å². The highest BCUT2D eigenvalue weighted by molar-refractivity contribution is 5.48. The van der Waals surface area contributed by atoms with Gasteiger partial charge in [0.2, 0.25) is 0 Å². The van der Waals surface area contributed by atoms with Gasteiger partial charge < -0.3 is 10.2 Å². The molecule has 0 bridgehead atoms. The van der Waals surface area contributed by atoms with Crippen molar-refractivity contribution in [2.75, 3.05) is 24.5 Å². The number of nitrogens with one attached hydrogen (secondary N) is 1. The minimum absolute atomic E-state index is 0.504. The van der Waals surface area contributed by atoms with E-state index in [4.69, 9.17) is 0 Å². The molecule has 1 heterocycles. The normalized spacial score (nSPS) is 18.0. The summed E-state index contributed by atoms with van der Waals surface area (Å²) in [5.74, 6) is 0.947. The third kappa shape index (κ3) is 4.47. The second kappa shape index (κ2) is 8.43. The molecule has 2 nitrogen and oxygen atoms in total. The smallest absolute Gasteiger partial charge is 0.0366 e. The standard InChI is InChI=1S/C19H32N2/c1-4-13-20-19(6-3)17-7-9-18(10-8-17)21-14-11-16(5-2)12-15-21/h7-10,16,19-20H,4-6,11-15H2,1-3H3. The number of hydrogen-bond acceptors (Lipinski definition) is 2. The SMILES string of the molecule is CCCNC(CC)c1ccc(N2CCC(CC)CC2)cc1. The van der Waals surface area contributed by atoms with Crippen molar-refractivity contribution in [2.24, 2.45) is 5.92 Å². The molecule has 0 aliphatic carbocycles. The fourth-order valence-corrected chi connectivity index (χ4v) is 3.33. The molecule has 1 N–H and O–H groups in total. The van der Waals surface area contributed by atoms with Crippen LogP contribution in [0.2, 0.25) is 0 Å². The summed E-state index contributed by atoms with van der Waals surface area (Å²) in [5, 5.41) is 3.63. The minimum atomic E-state index is 0.504. The molecule has 0 aromatic heterocycles. The molecule has 1 aliphatic rings. The maximum Gasteiger partial charge on any atom is 0.0366 e. The number of benzene rings is 1. The van der Waals surface area contributed by atoms with Crippen molar-refractivity contribution in [1.29, 1.82) is 0 Å². The number of piperidine rings is 1. The predicted octanol–water partition coefficient (Wildman–Crippen LogP) is 4.76. The van der Waals surface area contributed by atoms with E-state index in [-0.39, 0.29) is 0 Å². The lowest BCUT2D eigenvalue weighted by molar-refractivity contribution is 0.395. The maximum absolute atomic E-state index is 3.63. The van der Waals surface area contributed by atoms with E-state index in [2.05, 4.69) is 55.3 Å². The Hall–Kier alpha value is -1.02. The van der Waals surface area contributed by atoms with E-state index >= 15 is 0 Å². The van der Waals surface area contributed by atoms with Gasteiger partial charge in [-0.05, 0) is 55.8 Å². The quantitative estimate of drug-likeness (QED) is 0.778. The van der Waals surface area contributed by atoms with Gasteiger partial charge in [-0.1, -0.05) is 39.3 Å². The van der Waals surface area contributed by atoms with Gasteiger partial charge in [-0.2, -0.15) is 0 Å². The van der Waals surface area contributed by atoms with E-state index in [0.717, 1.165) is 18.9 Å². The van der Waals surface area contributed by atoms with Crippen molar-refractivity contribution in [3.8, 4) is 0 Å². The van der Waals surface area contributed by atoms with Gasteiger partial charge >= 0.3 is 0 Å². The number of anilines is 1. The summed E-state index contributed by atoms with van der Waals surface area (Å²) in [6, 6.07) is 9.77. The van der Waals surface area contributed by atoms with Crippen LogP contribution in [-0.4, -0.2) is 19.6 Å². The average molecular weight is 288 g/mol. The Bertz CT molecular complexity index is 391. The van der Waals surface area contributed by atoms with Gasteiger partial charge in [0.15, 0.2) is 0 Å². The first-order valence-corrected chi connectivity index (χ1v) is 8.86. The molecule has 1 saturated heterocycles. The van der Waals surface area contributed by atoms with Crippen LogP contribution in [0.5, 0.6) is 0 Å². The molecule has 1 aliphatic heterocycles. The summed E-state index contributed by atoms with van der Waals surface area (Å²) in [4.78, 5) is 2.55. The fourth-order valence-electron chi connectivity index (χ4n) is 3.33. The Balaban J connectivity index is 1.95. The largest absolute Gasteiger partial charge is 0.372 e. The van der Waals surface area contributed by atoms with E-state index in [1.54, 1.807) is 0 Å².